The molecule has 0 atom stereocenters. The fourth-order valence-electron chi connectivity index (χ4n) is 1.63. The molecule has 1 aliphatic carbocycles. The lowest BCUT2D eigenvalue weighted by molar-refractivity contribution is 0.390. The van der Waals surface area contributed by atoms with Crippen LogP contribution in [0.15, 0.2) is 16.0 Å². The van der Waals surface area contributed by atoms with Gasteiger partial charge in [0.2, 0.25) is 5.89 Å². The van der Waals surface area contributed by atoms with Crippen molar-refractivity contribution in [2.75, 3.05) is 0 Å². The molecule has 1 saturated carbocycles. The molecule has 2 aromatic heterocycles. The lowest BCUT2D eigenvalue weighted by atomic mass is 10.5. The Bertz CT molecular complexity index is 492. The molecule has 3 rings (SSSR count). The molecular weight excluding hydrogens is 240 g/mol. The molecule has 0 radical (unpaired) electrons. The van der Waals surface area contributed by atoms with Gasteiger partial charge in [0.25, 0.3) is 0 Å². The van der Waals surface area contributed by atoms with Crippen LogP contribution in [0.4, 0.5) is 0 Å². The average Bonchev–Trinajstić information content (AvgIpc) is 2.92. The fourth-order valence-corrected chi connectivity index (χ4v) is 2.50. The van der Waals surface area contributed by atoms with Crippen LogP contribution in [0.2, 0.25) is 0 Å². The van der Waals surface area contributed by atoms with Gasteiger partial charge in [-0.25, -0.2) is 0 Å². The normalized spacial score (nSPS) is 15.4. The molecule has 1 aliphatic rings. The minimum atomic E-state index is 0.421. The van der Waals surface area contributed by atoms with Gasteiger partial charge in [0.05, 0.1) is 12.3 Å². The summed E-state index contributed by atoms with van der Waals surface area (Å²) in [5.41, 5.74) is 5.65. The van der Waals surface area contributed by atoms with Crippen LogP contribution in [0.1, 0.15) is 30.6 Å². The Kier molecular flexibility index (Phi) is 2.81. The number of thioether (sulfide) groups is 1. The van der Waals surface area contributed by atoms with E-state index in [0.717, 1.165) is 11.0 Å². The molecule has 0 aliphatic heterocycles. The van der Waals surface area contributed by atoms with E-state index >= 15 is 0 Å². The van der Waals surface area contributed by atoms with Crippen LogP contribution in [-0.4, -0.2) is 24.9 Å². The van der Waals surface area contributed by atoms with Gasteiger partial charge >= 0.3 is 0 Å². The van der Waals surface area contributed by atoms with Crippen LogP contribution in [0.5, 0.6) is 0 Å². The summed E-state index contributed by atoms with van der Waals surface area (Å²) < 4.78 is 7.07. The molecule has 7 nitrogen and oxygen atoms in total. The molecular formula is C9H12N6OS. The van der Waals surface area contributed by atoms with Gasteiger partial charge in [-0.3, -0.25) is 0 Å². The summed E-state index contributed by atoms with van der Waals surface area (Å²) >= 11 is 1.55. The highest BCUT2D eigenvalue weighted by Gasteiger charge is 2.29. The monoisotopic (exact) mass is 252 g/mol. The standard InChI is InChI=1S/C9H12N6OS/c10-3-7-13-14-9(15(7)6-1-2-6)17-4-8-11-5-12-16-8/h5-6H,1-4,10H2. The fraction of sp³-hybridized carbons (Fsp3) is 0.556. The maximum absolute atomic E-state index is 5.65. The van der Waals surface area contributed by atoms with E-state index < -0.39 is 0 Å². The van der Waals surface area contributed by atoms with Gasteiger partial charge in [0.15, 0.2) is 11.5 Å². The van der Waals surface area contributed by atoms with Gasteiger partial charge in [-0.1, -0.05) is 16.9 Å². The van der Waals surface area contributed by atoms with E-state index in [1.807, 2.05) is 0 Å². The van der Waals surface area contributed by atoms with Crippen molar-refractivity contribution >= 4 is 11.8 Å². The zero-order valence-corrected chi connectivity index (χ0v) is 9.93. The summed E-state index contributed by atoms with van der Waals surface area (Å²) in [5, 5.41) is 12.7. The lowest BCUT2D eigenvalue weighted by Crippen LogP contribution is -2.08. The van der Waals surface area contributed by atoms with E-state index in [-0.39, 0.29) is 0 Å². The largest absolute Gasteiger partial charge is 0.339 e. The van der Waals surface area contributed by atoms with E-state index in [1.54, 1.807) is 11.8 Å². The molecule has 0 bridgehead atoms. The molecule has 8 heteroatoms. The highest BCUT2D eigenvalue weighted by molar-refractivity contribution is 7.98. The van der Waals surface area contributed by atoms with Crippen LogP contribution in [0, 0.1) is 0 Å². The predicted molar refractivity (Wildman–Crippen MR) is 60.0 cm³/mol. The number of hydrogen-bond donors (Lipinski definition) is 1. The second kappa shape index (κ2) is 4.46. The SMILES string of the molecule is NCc1nnc(SCc2ncno2)n1C1CC1. The third kappa shape index (κ3) is 2.18. The van der Waals surface area contributed by atoms with Gasteiger partial charge in [-0.2, -0.15) is 4.98 Å². The van der Waals surface area contributed by atoms with E-state index in [9.17, 15) is 0 Å². The number of rotatable bonds is 5. The molecule has 0 spiro atoms. The highest BCUT2D eigenvalue weighted by Crippen LogP contribution is 2.39. The molecule has 0 unspecified atom stereocenters. The first-order valence-electron chi connectivity index (χ1n) is 5.40. The van der Waals surface area contributed by atoms with Crippen molar-refractivity contribution in [2.45, 2.75) is 36.3 Å². The third-order valence-electron chi connectivity index (χ3n) is 2.56. The second-order valence-electron chi connectivity index (χ2n) is 3.83. The lowest BCUT2D eigenvalue weighted by Gasteiger charge is -2.05. The van der Waals surface area contributed by atoms with Crippen molar-refractivity contribution in [3.05, 3.63) is 18.0 Å². The summed E-state index contributed by atoms with van der Waals surface area (Å²) in [6, 6.07) is 0.522. The molecule has 1 fully saturated rings. The van der Waals surface area contributed by atoms with Crippen molar-refractivity contribution in [1.29, 1.82) is 0 Å². The van der Waals surface area contributed by atoms with Crippen LogP contribution in [0.3, 0.4) is 0 Å². The van der Waals surface area contributed by atoms with Gasteiger partial charge in [-0.15, -0.1) is 10.2 Å². The maximum Gasteiger partial charge on any atom is 0.236 e. The summed E-state index contributed by atoms with van der Waals surface area (Å²) in [5.74, 6) is 2.05. The third-order valence-corrected chi connectivity index (χ3v) is 3.49. The molecule has 2 aromatic rings. The topological polar surface area (TPSA) is 95.7 Å². The van der Waals surface area contributed by atoms with Crippen molar-refractivity contribution in [3.8, 4) is 0 Å². The zero-order valence-electron chi connectivity index (χ0n) is 9.11. The summed E-state index contributed by atoms with van der Waals surface area (Å²) in [4.78, 5) is 3.97. The van der Waals surface area contributed by atoms with E-state index in [4.69, 9.17) is 10.3 Å². The summed E-state index contributed by atoms with van der Waals surface area (Å²) in [6.07, 6.45) is 3.76. The second-order valence-corrected chi connectivity index (χ2v) is 4.77. The zero-order chi connectivity index (χ0) is 11.7. The van der Waals surface area contributed by atoms with Crippen LogP contribution in [-0.2, 0) is 12.3 Å². The number of nitrogens with zero attached hydrogens (tertiary/aromatic N) is 5. The van der Waals surface area contributed by atoms with Gasteiger partial charge in [0.1, 0.15) is 5.82 Å². The minimum Gasteiger partial charge on any atom is -0.339 e. The molecule has 0 saturated heterocycles. The summed E-state index contributed by atoms with van der Waals surface area (Å²) in [7, 11) is 0. The summed E-state index contributed by atoms with van der Waals surface area (Å²) in [6.45, 7) is 0.421. The minimum absolute atomic E-state index is 0.421. The smallest absolute Gasteiger partial charge is 0.236 e. The number of nitrogens with two attached hydrogens (primary N) is 1. The maximum atomic E-state index is 5.65. The first-order valence-corrected chi connectivity index (χ1v) is 6.39. The van der Waals surface area contributed by atoms with Crippen LogP contribution < -0.4 is 5.73 Å². The van der Waals surface area contributed by atoms with E-state index in [0.29, 0.717) is 24.2 Å². The molecule has 0 amide bonds. The Morgan fingerprint density at radius 2 is 2.35 bits per heavy atom. The van der Waals surface area contributed by atoms with Crippen molar-refractivity contribution in [1.82, 2.24) is 24.9 Å². The van der Waals surface area contributed by atoms with E-state index in [1.165, 1.54) is 19.2 Å². The number of aromatic nitrogens is 5. The Balaban J connectivity index is 1.76. The van der Waals surface area contributed by atoms with Crippen LogP contribution in [0.25, 0.3) is 0 Å². The Morgan fingerprint density at radius 1 is 1.47 bits per heavy atom. The molecule has 2 N–H and O–H groups in total. The first kappa shape index (κ1) is 10.7. The number of hydrogen-bond acceptors (Lipinski definition) is 7. The molecule has 2 heterocycles. The average molecular weight is 252 g/mol. The quantitative estimate of drug-likeness (QED) is 0.784. The molecule has 0 aromatic carbocycles. The van der Waals surface area contributed by atoms with Gasteiger partial charge in [0, 0.05) is 6.04 Å². The molecule has 17 heavy (non-hydrogen) atoms. The van der Waals surface area contributed by atoms with Crippen molar-refractivity contribution < 1.29 is 4.52 Å². The highest BCUT2D eigenvalue weighted by atomic mass is 32.2. The van der Waals surface area contributed by atoms with Gasteiger partial charge < -0.3 is 14.8 Å². The Morgan fingerprint density at radius 3 is 3.00 bits per heavy atom. The predicted octanol–water partition coefficient (Wildman–Crippen LogP) is 0.747. The van der Waals surface area contributed by atoms with E-state index in [2.05, 4.69) is 24.9 Å². The van der Waals surface area contributed by atoms with Crippen molar-refractivity contribution in [2.24, 2.45) is 5.73 Å². The first-order chi connectivity index (χ1) is 8.38. The van der Waals surface area contributed by atoms with Crippen LogP contribution >= 0.6 is 11.8 Å². The van der Waals surface area contributed by atoms with Crippen molar-refractivity contribution in [3.63, 3.8) is 0 Å². The Labute approximate surface area is 102 Å². The molecule has 90 valence electrons. The van der Waals surface area contributed by atoms with Gasteiger partial charge in [-0.05, 0) is 12.8 Å². The Hall–Kier alpha value is -1.41.